The minimum Gasteiger partial charge on any atom is -0.458 e. The van der Waals surface area contributed by atoms with Crippen LogP contribution in [0, 0.1) is 17.3 Å². The Morgan fingerprint density at radius 2 is 2.14 bits per heavy atom. The quantitative estimate of drug-likeness (QED) is 0.445. The number of hydrogen-bond acceptors (Lipinski definition) is 7. The van der Waals surface area contributed by atoms with Crippen LogP contribution in [0.1, 0.15) is 26.2 Å². The highest BCUT2D eigenvalue weighted by atomic mass is 16.7. The lowest BCUT2D eigenvalue weighted by Gasteiger charge is -2.54. The van der Waals surface area contributed by atoms with Crippen molar-refractivity contribution < 1.29 is 33.6 Å². The predicted molar refractivity (Wildman–Crippen MR) is 97.8 cm³/mol. The van der Waals surface area contributed by atoms with Gasteiger partial charge in [0.1, 0.15) is 12.2 Å². The first-order chi connectivity index (χ1) is 13.3. The van der Waals surface area contributed by atoms with Gasteiger partial charge >= 0.3 is 11.9 Å². The van der Waals surface area contributed by atoms with Crippen molar-refractivity contribution >= 4 is 11.9 Å². The van der Waals surface area contributed by atoms with Gasteiger partial charge in [0.25, 0.3) is 0 Å². The van der Waals surface area contributed by atoms with E-state index >= 15 is 0 Å². The molecule has 1 N–H and O–H groups in total. The largest absolute Gasteiger partial charge is 0.458 e. The summed E-state index contributed by atoms with van der Waals surface area (Å²) in [5.74, 6) is -1.62. The molecule has 7 nitrogen and oxygen atoms in total. The van der Waals surface area contributed by atoms with Crippen molar-refractivity contribution in [3.05, 3.63) is 36.0 Å². The Labute approximate surface area is 164 Å². The van der Waals surface area contributed by atoms with Crippen LogP contribution < -0.4 is 0 Å². The Bertz CT molecular complexity index is 769. The molecule has 0 radical (unpaired) electrons. The number of fused-ring (bicyclic) bond motifs is 3. The summed E-state index contributed by atoms with van der Waals surface area (Å²) >= 11 is 0. The zero-order valence-electron chi connectivity index (χ0n) is 16.2. The summed E-state index contributed by atoms with van der Waals surface area (Å²) in [6, 6.07) is 0. The van der Waals surface area contributed by atoms with Crippen molar-refractivity contribution in [1.29, 1.82) is 0 Å². The Balaban J connectivity index is 1.63. The van der Waals surface area contributed by atoms with Crippen LogP contribution in [0.5, 0.6) is 0 Å². The number of carbonyl (C=O) groups excluding carboxylic acids is 2. The van der Waals surface area contributed by atoms with Crippen LogP contribution in [0.2, 0.25) is 0 Å². The van der Waals surface area contributed by atoms with Gasteiger partial charge in [-0.25, -0.2) is 9.59 Å². The summed E-state index contributed by atoms with van der Waals surface area (Å²) in [7, 11) is 1.49. The molecule has 152 valence electrons. The zero-order chi connectivity index (χ0) is 20.2. The third-order valence-corrected chi connectivity index (χ3v) is 6.78. The third kappa shape index (κ3) is 2.84. The van der Waals surface area contributed by atoms with Crippen molar-refractivity contribution in [3.63, 3.8) is 0 Å². The van der Waals surface area contributed by atoms with Gasteiger partial charge in [0.05, 0.1) is 24.2 Å². The Morgan fingerprint density at radius 3 is 2.82 bits per heavy atom. The summed E-state index contributed by atoms with van der Waals surface area (Å²) in [4.78, 5) is 25.0. The summed E-state index contributed by atoms with van der Waals surface area (Å²) in [5, 5.41) is 10.8. The monoisotopic (exact) mass is 390 g/mol. The minimum atomic E-state index is -0.624. The van der Waals surface area contributed by atoms with Crippen LogP contribution in [-0.2, 0) is 28.5 Å². The van der Waals surface area contributed by atoms with Crippen LogP contribution in [-0.4, -0.2) is 55.4 Å². The highest BCUT2D eigenvalue weighted by Crippen LogP contribution is 2.58. The van der Waals surface area contributed by atoms with Gasteiger partial charge < -0.3 is 24.1 Å². The Kier molecular flexibility index (Phi) is 4.72. The topological polar surface area (TPSA) is 91.3 Å². The van der Waals surface area contributed by atoms with E-state index in [2.05, 4.69) is 13.2 Å². The number of rotatable bonds is 3. The number of methoxy groups -OCH3 is 1. The van der Waals surface area contributed by atoms with Crippen LogP contribution in [0.25, 0.3) is 0 Å². The molecule has 28 heavy (non-hydrogen) atoms. The van der Waals surface area contributed by atoms with Gasteiger partial charge in [-0.15, -0.1) is 0 Å². The molecular weight excluding hydrogens is 364 g/mol. The molecule has 3 fully saturated rings. The van der Waals surface area contributed by atoms with E-state index in [0.717, 1.165) is 5.57 Å². The van der Waals surface area contributed by atoms with E-state index in [-0.39, 0.29) is 12.5 Å². The first kappa shape index (κ1) is 19.4. The number of aliphatic hydroxyl groups is 1. The van der Waals surface area contributed by atoms with E-state index in [0.29, 0.717) is 30.4 Å². The van der Waals surface area contributed by atoms with Crippen LogP contribution in [0.15, 0.2) is 36.0 Å². The van der Waals surface area contributed by atoms with Gasteiger partial charge in [0, 0.05) is 24.0 Å². The molecule has 2 aliphatic heterocycles. The summed E-state index contributed by atoms with van der Waals surface area (Å²) in [5.41, 5.74) is 1.05. The summed E-state index contributed by atoms with van der Waals surface area (Å²) in [6.45, 7) is 10.1. The predicted octanol–water partition coefficient (Wildman–Crippen LogP) is 1.66. The standard InChI is InChI=1S/C21H26O7/c1-10-5-6-14(22)21(3)8-13(16-11(2)19(23)28-18(16)17(10)21)27-20(24)12-7-15(25-4)26-9-12/h7,13-18,22H,1-2,5-6,8-9H2,3-4H3/t13-,14-,15+,16-,17-,18+,21+/m1/s1. The lowest BCUT2D eigenvalue weighted by Crippen LogP contribution is -2.58. The smallest absolute Gasteiger partial charge is 0.336 e. The molecule has 0 aromatic heterocycles. The van der Waals surface area contributed by atoms with E-state index in [9.17, 15) is 14.7 Å². The highest BCUT2D eigenvalue weighted by Gasteiger charge is 2.62. The first-order valence-electron chi connectivity index (χ1n) is 9.58. The second-order valence-electron chi connectivity index (χ2n) is 8.37. The molecule has 4 rings (SSSR count). The van der Waals surface area contributed by atoms with E-state index < -0.39 is 47.9 Å². The highest BCUT2D eigenvalue weighted by molar-refractivity contribution is 5.92. The van der Waals surface area contributed by atoms with Gasteiger partial charge in [-0.2, -0.15) is 0 Å². The maximum atomic E-state index is 12.7. The van der Waals surface area contributed by atoms with E-state index in [1.807, 2.05) is 6.92 Å². The van der Waals surface area contributed by atoms with Crippen molar-refractivity contribution in [3.8, 4) is 0 Å². The molecule has 4 aliphatic rings. The summed E-state index contributed by atoms with van der Waals surface area (Å²) in [6.07, 6.45) is 0.940. The maximum absolute atomic E-state index is 12.7. The van der Waals surface area contributed by atoms with Crippen molar-refractivity contribution in [2.24, 2.45) is 17.3 Å². The lowest BCUT2D eigenvalue weighted by atomic mass is 9.53. The second-order valence-corrected chi connectivity index (χ2v) is 8.37. The molecule has 2 saturated carbocycles. The maximum Gasteiger partial charge on any atom is 0.336 e. The molecule has 0 unspecified atom stereocenters. The average Bonchev–Trinajstić information content (AvgIpc) is 3.24. The molecule has 0 spiro atoms. The lowest BCUT2D eigenvalue weighted by molar-refractivity contribution is -0.175. The SMILES string of the molecule is C=C1C(=O)O[C@H]2[C@H]1[C@H](OC(=O)C1=C[C@@H](OC)OC1)C[C@@]1(C)[C@H](O)CCC(=C)[C@H]21. The molecule has 1 saturated heterocycles. The molecule has 0 aromatic rings. The van der Waals surface area contributed by atoms with Crippen molar-refractivity contribution in [1.82, 2.24) is 0 Å². The number of aliphatic hydroxyl groups excluding tert-OH is 1. The number of ether oxygens (including phenoxy) is 4. The first-order valence-corrected chi connectivity index (χ1v) is 9.58. The van der Waals surface area contributed by atoms with Crippen LogP contribution in [0.4, 0.5) is 0 Å². The van der Waals surface area contributed by atoms with Gasteiger partial charge in [0.15, 0.2) is 6.29 Å². The minimum absolute atomic E-state index is 0.105. The fourth-order valence-electron chi connectivity index (χ4n) is 5.25. The fourth-order valence-corrected chi connectivity index (χ4v) is 5.25. The molecule has 2 aliphatic carbocycles. The van der Waals surface area contributed by atoms with E-state index in [1.54, 1.807) is 6.08 Å². The number of hydrogen-bond donors (Lipinski definition) is 1. The molecule has 0 amide bonds. The molecular formula is C21H26O7. The summed E-state index contributed by atoms with van der Waals surface area (Å²) < 4.78 is 21.9. The second kappa shape index (κ2) is 6.83. The molecule has 7 heteroatoms. The number of esters is 2. The molecule has 0 aromatic carbocycles. The fraction of sp³-hybridized carbons (Fsp3) is 0.619. The van der Waals surface area contributed by atoms with Crippen LogP contribution >= 0.6 is 0 Å². The Morgan fingerprint density at radius 1 is 1.39 bits per heavy atom. The van der Waals surface area contributed by atoms with Crippen LogP contribution in [0.3, 0.4) is 0 Å². The molecule has 7 atom stereocenters. The normalized spacial score (nSPS) is 42.5. The van der Waals surface area contributed by atoms with Crippen molar-refractivity contribution in [2.75, 3.05) is 13.7 Å². The average molecular weight is 390 g/mol. The van der Waals surface area contributed by atoms with Gasteiger partial charge in [-0.1, -0.05) is 25.7 Å². The third-order valence-electron chi connectivity index (χ3n) is 6.78. The molecule has 2 heterocycles. The zero-order valence-corrected chi connectivity index (χ0v) is 16.2. The van der Waals surface area contributed by atoms with Gasteiger partial charge in [-0.3, -0.25) is 0 Å². The number of carbonyl (C=O) groups is 2. The van der Waals surface area contributed by atoms with Gasteiger partial charge in [-0.05, 0) is 25.3 Å². The molecule has 0 bridgehead atoms. The van der Waals surface area contributed by atoms with Gasteiger partial charge in [0.2, 0.25) is 0 Å². The Hall–Kier alpha value is -1.96. The van der Waals surface area contributed by atoms with E-state index in [1.165, 1.54) is 7.11 Å². The van der Waals surface area contributed by atoms with E-state index in [4.69, 9.17) is 18.9 Å². The van der Waals surface area contributed by atoms with Crippen molar-refractivity contribution in [2.45, 2.75) is 50.8 Å².